The second-order valence-corrected chi connectivity index (χ2v) is 7.17. The molecule has 0 N–H and O–H groups in total. The molecule has 5 nitrogen and oxygen atoms in total. The van der Waals surface area contributed by atoms with Gasteiger partial charge in [0.15, 0.2) is 0 Å². The van der Waals surface area contributed by atoms with Crippen LogP contribution in [0.3, 0.4) is 0 Å². The van der Waals surface area contributed by atoms with Crippen LogP contribution in [0.1, 0.15) is 11.7 Å². The van der Waals surface area contributed by atoms with E-state index < -0.39 is 0 Å². The summed E-state index contributed by atoms with van der Waals surface area (Å²) in [4.78, 5) is 25.5. The molecule has 0 bridgehead atoms. The summed E-state index contributed by atoms with van der Waals surface area (Å²) in [5.41, 5.74) is 2.94. The minimum absolute atomic E-state index is 0.0917. The third kappa shape index (κ3) is 3.07. The van der Waals surface area contributed by atoms with Crippen molar-refractivity contribution in [2.45, 2.75) is 12.6 Å². The summed E-state index contributed by atoms with van der Waals surface area (Å²) in [5.74, 6) is 0. The van der Waals surface area contributed by atoms with Crippen LogP contribution in [-0.2, 0) is 16.1 Å². The molecule has 1 aliphatic heterocycles. The molecule has 1 fully saturated rings. The zero-order valence-corrected chi connectivity index (χ0v) is 15.6. The van der Waals surface area contributed by atoms with E-state index >= 15 is 0 Å². The zero-order chi connectivity index (χ0) is 19.0. The zero-order valence-electron chi connectivity index (χ0n) is 14.8. The smallest absolute Gasteiger partial charge is 0.298 e. The van der Waals surface area contributed by atoms with Gasteiger partial charge in [-0.2, -0.15) is 0 Å². The Morgan fingerprint density at radius 1 is 1.07 bits per heavy atom. The Hall–Kier alpha value is -2.83. The normalized spacial score (nSPS) is 15.7. The minimum Gasteiger partial charge on any atom is -0.375 e. The molecular weight excluding hydrogens is 360 g/mol. The second-order valence-electron chi connectivity index (χ2n) is 6.25. The number of methoxy groups -OCH3 is 1. The molecule has 6 heteroatoms. The Labute approximate surface area is 161 Å². The van der Waals surface area contributed by atoms with Gasteiger partial charge in [-0.15, -0.1) is 0 Å². The first kappa shape index (κ1) is 17.6. The van der Waals surface area contributed by atoms with Crippen LogP contribution in [0.4, 0.5) is 10.5 Å². The van der Waals surface area contributed by atoms with Gasteiger partial charge in [-0.25, -0.2) is 0 Å². The summed E-state index contributed by atoms with van der Waals surface area (Å²) in [7, 11) is 1.70. The Kier molecular flexibility index (Phi) is 4.59. The van der Waals surface area contributed by atoms with Crippen molar-refractivity contribution in [1.29, 1.82) is 0 Å². The highest BCUT2D eigenvalue weighted by molar-refractivity contribution is 8.27. The van der Waals surface area contributed by atoms with Crippen LogP contribution in [0.2, 0.25) is 0 Å². The van der Waals surface area contributed by atoms with Crippen LogP contribution in [0.15, 0.2) is 73.1 Å². The van der Waals surface area contributed by atoms with E-state index in [4.69, 9.17) is 4.74 Å². The quantitative estimate of drug-likeness (QED) is 0.602. The highest BCUT2D eigenvalue weighted by Crippen LogP contribution is 2.37. The van der Waals surface area contributed by atoms with Gasteiger partial charge in [-0.3, -0.25) is 14.5 Å². The van der Waals surface area contributed by atoms with Crippen molar-refractivity contribution in [3.63, 3.8) is 0 Å². The maximum Gasteiger partial charge on any atom is 0.298 e. The molecule has 0 aliphatic carbocycles. The standard InChI is InChI=1S/C21H18N2O3S/c1-14-20(24)27-21(25)23(14)18-10-6-9-17-16(18)11-12-22(17)13-19(26-2)15-7-4-3-5-8-15/h3-12,19H,1,13H2,2H3. The van der Waals surface area contributed by atoms with Crippen molar-refractivity contribution in [2.24, 2.45) is 0 Å². The van der Waals surface area contributed by atoms with Crippen molar-refractivity contribution in [2.75, 3.05) is 12.0 Å². The van der Waals surface area contributed by atoms with Gasteiger partial charge in [0, 0.05) is 30.5 Å². The number of hydrogen-bond acceptors (Lipinski definition) is 4. The fourth-order valence-corrected chi connectivity index (χ4v) is 4.02. The van der Waals surface area contributed by atoms with Crippen LogP contribution in [0.5, 0.6) is 0 Å². The lowest BCUT2D eigenvalue weighted by Crippen LogP contribution is -2.20. The molecule has 0 saturated carbocycles. The van der Waals surface area contributed by atoms with Crippen LogP contribution in [0, 0.1) is 0 Å². The number of anilines is 1. The summed E-state index contributed by atoms with van der Waals surface area (Å²) in [5, 5.41) is 0.273. The van der Waals surface area contributed by atoms with Crippen LogP contribution >= 0.6 is 11.8 Å². The number of hydrogen-bond donors (Lipinski definition) is 0. The largest absolute Gasteiger partial charge is 0.375 e. The number of aromatic nitrogens is 1. The molecule has 136 valence electrons. The van der Waals surface area contributed by atoms with Crippen LogP contribution in [-0.4, -0.2) is 22.0 Å². The van der Waals surface area contributed by atoms with E-state index in [1.54, 1.807) is 7.11 Å². The average Bonchev–Trinajstić information content (AvgIpc) is 3.21. The van der Waals surface area contributed by atoms with Gasteiger partial charge in [0.05, 0.1) is 29.5 Å². The third-order valence-electron chi connectivity index (χ3n) is 4.72. The monoisotopic (exact) mass is 378 g/mol. The maximum atomic E-state index is 12.2. The van der Waals surface area contributed by atoms with E-state index in [0.29, 0.717) is 24.0 Å². The Morgan fingerprint density at radius 2 is 1.85 bits per heavy atom. The first-order chi connectivity index (χ1) is 13.1. The van der Waals surface area contributed by atoms with Gasteiger partial charge in [0.25, 0.3) is 5.24 Å². The molecule has 0 radical (unpaired) electrons. The van der Waals surface area contributed by atoms with Crippen LogP contribution in [0.25, 0.3) is 10.9 Å². The Morgan fingerprint density at radius 3 is 2.52 bits per heavy atom. The number of ether oxygens (including phenoxy) is 1. The Balaban J connectivity index is 1.72. The van der Waals surface area contributed by atoms with Gasteiger partial charge >= 0.3 is 0 Å². The first-order valence-electron chi connectivity index (χ1n) is 8.51. The molecule has 1 atom stereocenters. The predicted molar refractivity (Wildman–Crippen MR) is 108 cm³/mol. The fourth-order valence-electron chi connectivity index (χ4n) is 3.35. The minimum atomic E-state index is -0.315. The lowest BCUT2D eigenvalue weighted by Gasteiger charge is -2.19. The molecule has 2 aromatic carbocycles. The number of carbonyl (C=O) groups excluding carboxylic acids is 2. The molecule has 0 spiro atoms. The maximum absolute atomic E-state index is 12.2. The summed E-state index contributed by atoms with van der Waals surface area (Å²) >= 11 is 0.680. The average molecular weight is 378 g/mol. The lowest BCUT2D eigenvalue weighted by atomic mass is 10.1. The van der Waals surface area contributed by atoms with Gasteiger partial charge in [-0.1, -0.05) is 43.0 Å². The van der Waals surface area contributed by atoms with E-state index in [9.17, 15) is 9.59 Å². The van der Waals surface area contributed by atoms with Gasteiger partial charge in [0.2, 0.25) is 5.12 Å². The number of fused-ring (bicyclic) bond motifs is 1. The van der Waals surface area contributed by atoms with E-state index in [-0.39, 0.29) is 22.2 Å². The molecule has 1 amide bonds. The lowest BCUT2D eigenvalue weighted by molar-refractivity contribution is -0.107. The number of thioether (sulfide) groups is 1. The molecule has 3 aromatic rings. The molecule has 1 unspecified atom stereocenters. The van der Waals surface area contributed by atoms with E-state index in [1.807, 2.05) is 60.8 Å². The second kappa shape index (κ2) is 7.06. The van der Waals surface area contributed by atoms with Crippen LogP contribution < -0.4 is 4.90 Å². The summed E-state index contributed by atoms with van der Waals surface area (Å²) in [6, 6.07) is 17.7. The summed E-state index contributed by atoms with van der Waals surface area (Å²) < 4.78 is 7.78. The van der Waals surface area contributed by atoms with Crippen molar-refractivity contribution in [1.82, 2.24) is 4.57 Å². The van der Waals surface area contributed by atoms with E-state index in [1.165, 1.54) is 4.90 Å². The van der Waals surface area contributed by atoms with Crippen molar-refractivity contribution < 1.29 is 14.3 Å². The van der Waals surface area contributed by atoms with E-state index in [0.717, 1.165) is 16.5 Å². The van der Waals surface area contributed by atoms with Gasteiger partial charge < -0.3 is 9.30 Å². The van der Waals surface area contributed by atoms with Crippen molar-refractivity contribution in [3.8, 4) is 0 Å². The van der Waals surface area contributed by atoms with Gasteiger partial charge in [0.1, 0.15) is 0 Å². The summed E-state index contributed by atoms with van der Waals surface area (Å²) in [6.07, 6.45) is 1.88. The third-order valence-corrected chi connectivity index (χ3v) is 5.50. The molecule has 4 rings (SSSR count). The molecule has 1 aliphatic rings. The molecule has 2 heterocycles. The highest BCUT2D eigenvalue weighted by atomic mass is 32.2. The number of amides is 1. The summed E-state index contributed by atoms with van der Waals surface area (Å²) in [6.45, 7) is 4.40. The predicted octanol–water partition coefficient (Wildman–Crippen LogP) is 4.74. The Bertz CT molecular complexity index is 1040. The molecule has 1 aromatic heterocycles. The first-order valence-corrected chi connectivity index (χ1v) is 9.32. The van der Waals surface area contributed by atoms with Crippen molar-refractivity contribution >= 4 is 38.7 Å². The van der Waals surface area contributed by atoms with Crippen molar-refractivity contribution in [3.05, 3.63) is 78.6 Å². The molecular formula is C21H18N2O3S. The topological polar surface area (TPSA) is 51.5 Å². The number of carbonyl (C=O) groups is 2. The van der Waals surface area contributed by atoms with E-state index in [2.05, 4.69) is 11.1 Å². The molecule has 1 saturated heterocycles. The fraction of sp³-hybridized carbons (Fsp3) is 0.143. The molecule has 27 heavy (non-hydrogen) atoms. The SMILES string of the molecule is C=C1C(=O)SC(=O)N1c1cccc2c1ccn2CC(OC)c1ccccc1. The number of benzene rings is 2. The highest BCUT2D eigenvalue weighted by Gasteiger charge is 2.35. The van der Waals surface area contributed by atoms with Gasteiger partial charge in [-0.05, 0) is 23.8 Å². The number of rotatable bonds is 5. The number of nitrogens with zero attached hydrogens (tertiary/aromatic N) is 2.